The molecule has 1 nitrogen and oxygen atoms in total. The van der Waals surface area contributed by atoms with E-state index in [9.17, 15) is 5.11 Å². The number of hydrogen-bond acceptors (Lipinski definition) is 1. The Balaban J connectivity index is 3.16. The van der Waals surface area contributed by atoms with Gasteiger partial charge in [-0.05, 0) is 37.0 Å². The highest BCUT2D eigenvalue weighted by atomic mass is 16.3. The summed E-state index contributed by atoms with van der Waals surface area (Å²) >= 11 is 0. The molecule has 0 aromatic carbocycles. The van der Waals surface area contributed by atoms with Crippen molar-refractivity contribution in [2.45, 2.75) is 73.3 Å². The van der Waals surface area contributed by atoms with Crippen LogP contribution in [-0.2, 0) is 0 Å². The first-order valence-electron chi connectivity index (χ1n) is 6.70. The van der Waals surface area contributed by atoms with E-state index in [4.69, 9.17) is 0 Å². The molecule has 1 fully saturated rings. The van der Waals surface area contributed by atoms with Crippen LogP contribution in [0.1, 0.15) is 67.7 Å². The summed E-state index contributed by atoms with van der Waals surface area (Å²) < 4.78 is 0. The summed E-state index contributed by atoms with van der Waals surface area (Å²) in [6, 6.07) is 0. The van der Waals surface area contributed by atoms with Crippen molar-refractivity contribution >= 4 is 0 Å². The van der Waals surface area contributed by atoms with Crippen LogP contribution in [0, 0.1) is 16.2 Å². The van der Waals surface area contributed by atoms with Crippen LogP contribution in [0.15, 0.2) is 12.2 Å². The van der Waals surface area contributed by atoms with Crippen LogP contribution in [0.25, 0.3) is 0 Å². The lowest BCUT2D eigenvalue weighted by Crippen LogP contribution is -2.54. The summed E-state index contributed by atoms with van der Waals surface area (Å²) in [6.07, 6.45) is 2.90. The van der Waals surface area contributed by atoms with Gasteiger partial charge in [-0.1, -0.05) is 53.7 Å². The Morgan fingerprint density at radius 1 is 1.00 bits per heavy atom. The molecular weight excluding hydrogens is 208 g/mol. The van der Waals surface area contributed by atoms with Crippen molar-refractivity contribution in [1.29, 1.82) is 0 Å². The Morgan fingerprint density at radius 3 is 1.65 bits per heavy atom. The molecule has 0 radical (unpaired) electrons. The quantitative estimate of drug-likeness (QED) is 0.699. The molecule has 1 saturated carbocycles. The maximum atomic E-state index is 11.2. The average molecular weight is 238 g/mol. The van der Waals surface area contributed by atoms with Crippen molar-refractivity contribution in [3.63, 3.8) is 0 Å². The Bertz CT molecular complexity index is 304. The van der Waals surface area contributed by atoms with Crippen LogP contribution < -0.4 is 0 Å². The predicted octanol–water partition coefficient (Wildman–Crippen LogP) is 4.56. The molecule has 0 spiro atoms. The second kappa shape index (κ2) is 3.85. The molecule has 1 aliphatic carbocycles. The van der Waals surface area contributed by atoms with Gasteiger partial charge in [-0.15, -0.1) is 0 Å². The maximum absolute atomic E-state index is 11.2. The number of rotatable bonds is 2. The monoisotopic (exact) mass is 238 g/mol. The highest BCUT2D eigenvalue weighted by Gasteiger charge is 2.53. The Hall–Kier alpha value is -0.300. The first kappa shape index (κ1) is 14.8. The Kier molecular flexibility index (Phi) is 3.34. The Labute approximate surface area is 107 Å². The first-order chi connectivity index (χ1) is 7.31. The van der Waals surface area contributed by atoms with E-state index in [1.807, 2.05) is 6.92 Å². The first-order valence-corrected chi connectivity index (χ1v) is 6.70. The minimum absolute atomic E-state index is 0.198. The Morgan fingerprint density at radius 2 is 1.35 bits per heavy atom. The topological polar surface area (TPSA) is 20.2 Å². The van der Waals surface area contributed by atoms with Gasteiger partial charge in [-0.2, -0.15) is 0 Å². The van der Waals surface area contributed by atoms with E-state index in [2.05, 4.69) is 48.1 Å². The minimum Gasteiger partial charge on any atom is -0.389 e. The molecule has 100 valence electrons. The van der Waals surface area contributed by atoms with Crippen molar-refractivity contribution in [2.24, 2.45) is 16.2 Å². The lowest BCUT2D eigenvalue weighted by molar-refractivity contribution is -0.141. The van der Waals surface area contributed by atoms with Crippen LogP contribution in [0.2, 0.25) is 0 Å². The average Bonchev–Trinajstić information content (AvgIpc) is 1.95. The maximum Gasteiger partial charge on any atom is 0.0745 e. The number of hydrogen-bond donors (Lipinski definition) is 1. The van der Waals surface area contributed by atoms with Crippen LogP contribution in [0.4, 0.5) is 0 Å². The molecule has 0 aliphatic heterocycles. The summed E-state index contributed by atoms with van der Waals surface area (Å²) in [5, 5.41) is 11.2. The zero-order chi connectivity index (χ0) is 13.7. The van der Waals surface area contributed by atoms with Gasteiger partial charge in [0.15, 0.2) is 0 Å². The molecule has 0 atom stereocenters. The van der Waals surface area contributed by atoms with Crippen LogP contribution >= 0.6 is 0 Å². The van der Waals surface area contributed by atoms with Gasteiger partial charge in [-0.25, -0.2) is 0 Å². The van der Waals surface area contributed by atoms with E-state index in [-0.39, 0.29) is 16.2 Å². The summed E-state index contributed by atoms with van der Waals surface area (Å²) in [7, 11) is 0. The smallest absolute Gasteiger partial charge is 0.0745 e. The van der Waals surface area contributed by atoms with E-state index >= 15 is 0 Å². The van der Waals surface area contributed by atoms with Crippen molar-refractivity contribution in [1.82, 2.24) is 0 Å². The highest BCUT2D eigenvalue weighted by molar-refractivity contribution is 5.16. The normalized spacial score (nSPS) is 26.6. The van der Waals surface area contributed by atoms with Crippen LogP contribution in [0.5, 0.6) is 0 Å². The van der Waals surface area contributed by atoms with E-state index in [0.717, 1.165) is 18.4 Å². The molecular formula is C16H30O. The van der Waals surface area contributed by atoms with E-state index in [1.165, 1.54) is 6.42 Å². The van der Waals surface area contributed by atoms with Gasteiger partial charge in [0.1, 0.15) is 0 Å². The molecule has 17 heavy (non-hydrogen) atoms. The molecule has 1 aliphatic rings. The van der Waals surface area contributed by atoms with Gasteiger partial charge in [0.2, 0.25) is 0 Å². The summed E-state index contributed by atoms with van der Waals surface area (Å²) in [6.45, 7) is 19.5. The molecule has 0 aromatic rings. The molecule has 1 heteroatoms. The van der Waals surface area contributed by atoms with Crippen LogP contribution in [0.3, 0.4) is 0 Å². The second-order valence-corrected chi connectivity index (χ2v) is 8.30. The zero-order valence-corrected chi connectivity index (χ0v) is 12.8. The second-order valence-electron chi connectivity index (χ2n) is 8.30. The fraction of sp³-hybridized carbons (Fsp3) is 0.875. The lowest BCUT2D eigenvalue weighted by atomic mass is 9.52. The van der Waals surface area contributed by atoms with E-state index in [0.29, 0.717) is 0 Å². The zero-order valence-electron chi connectivity index (χ0n) is 12.8. The summed E-state index contributed by atoms with van der Waals surface area (Å²) in [5.41, 5.74) is 0.617. The van der Waals surface area contributed by atoms with Crippen molar-refractivity contribution < 1.29 is 5.11 Å². The fourth-order valence-electron chi connectivity index (χ4n) is 3.91. The van der Waals surface area contributed by atoms with Gasteiger partial charge in [0.05, 0.1) is 5.60 Å². The van der Waals surface area contributed by atoms with Gasteiger partial charge in [0.25, 0.3) is 0 Å². The van der Waals surface area contributed by atoms with Crippen molar-refractivity contribution in [3.8, 4) is 0 Å². The lowest BCUT2D eigenvalue weighted by Gasteiger charge is -2.56. The third kappa shape index (κ3) is 2.76. The SMILES string of the molecule is C=C(C)C(C)(C)C1(O)CC(C)(C)CC(C)(C)C1. The summed E-state index contributed by atoms with van der Waals surface area (Å²) in [5.74, 6) is 0. The molecule has 0 bridgehead atoms. The molecule has 0 heterocycles. The van der Waals surface area contributed by atoms with Gasteiger partial charge in [-0.3, -0.25) is 0 Å². The van der Waals surface area contributed by atoms with Crippen molar-refractivity contribution in [2.75, 3.05) is 0 Å². The standard InChI is InChI=1S/C16H30O/c1-12(2)15(7,8)16(17)10-13(3,4)9-14(5,6)11-16/h17H,1,9-11H2,2-8H3. The predicted molar refractivity (Wildman–Crippen MR) is 75.0 cm³/mol. The van der Waals surface area contributed by atoms with Gasteiger partial charge >= 0.3 is 0 Å². The molecule has 0 unspecified atom stereocenters. The molecule has 0 aromatic heterocycles. The fourth-order valence-corrected chi connectivity index (χ4v) is 3.91. The molecule has 0 amide bonds. The third-order valence-corrected chi connectivity index (χ3v) is 4.73. The van der Waals surface area contributed by atoms with Crippen LogP contribution in [-0.4, -0.2) is 10.7 Å². The van der Waals surface area contributed by atoms with Crippen molar-refractivity contribution in [3.05, 3.63) is 12.2 Å². The molecule has 0 saturated heterocycles. The van der Waals surface area contributed by atoms with E-state index in [1.54, 1.807) is 0 Å². The van der Waals surface area contributed by atoms with Gasteiger partial charge in [0, 0.05) is 5.41 Å². The summed E-state index contributed by atoms with van der Waals surface area (Å²) in [4.78, 5) is 0. The van der Waals surface area contributed by atoms with Gasteiger partial charge < -0.3 is 5.11 Å². The highest BCUT2D eigenvalue weighted by Crippen LogP contribution is 2.56. The minimum atomic E-state index is -0.635. The molecule has 1 rings (SSSR count). The van der Waals surface area contributed by atoms with E-state index < -0.39 is 5.60 Å². The molecule has 1 N–H and O–H groups in total. The number of aliphatic hydroxyl groups is 1. The largest absolute Gasteiger partial charge is 0.389 e. The third-order valence-electron chi connectivity index (χ3n) is 4.73.